The van der Waals surface area contributed by atoms with Crippen molar-refractivity contribution in [1.29, 1.82) is 0 Å². The van der Waals surface area contributed by atoms with Crippen LogP contribution < -0.4 is 5.32 Å². The van der Waals surface area contributed by atoms with E-state index in [2.05, 4.69) is 53.8 Å². The molecule has 0 aliphatic rings. The Balaban J connectivity index is 2.08. The third-order valence-electron chi connectivity index (χ3n) is 3.13. The van der Waals surface area contributed by atoms with E-state index in [0.717, 1.165) is 25.1 Å². The molecule has 18 heavy (non-hydrogen) atoms. The molecule has 96 valence electrons. The minimum Gasteiger partial charge on any atom is -0.309 e. The van der Waals surface area contributed by atoms with Crippen LogP contribution >= 0.6 is 11.3 Å². The van der Waals surface area contributed by atoms with Crippen molar-refractivity contribution in [1.82, 2.24) is 10.3 Å². The van der Waals surface area contributed by atoms with Crippen molar-refractivity contribution < 1.29 is 0 Å². The van der Waals surface area contributed by atoms with Crippen molar-refractivity contribution in [2.24, 2.45) is 0 Å². The van der Waals surface area contributed by atoms with E-state index in [9.17, 15) is 0 Å². The van der Waals surface area contributed by atoms with Gasteiger partial charge in [0.1, 0.15) is 0 Å². The maximum absolute atomic E-state index is 4.42. The van der Waals surface area contributed by atoms with Gasteiger partial charge in [-0.2, -0.15) is 0 Å². The summed E-state index contributed by atoms with van der Waals surface area (Å²) in [6.45, 7) is 5.29. The molecule has 3 heteroatoms. The molecule has 0 fully saturated rings. The largest absolute Gasteiger partial charge is 0.309 e. The van der Waals surface area contributed by atoms with Gasteiger partial charge in [0.05, 0.1) is 17.2 Å². The lowest BCUT2D eigenvalue weighted by atomic mass is 10.0. The summed E-state index contributed by atoms with van der Waals surface area (Å²) < 4.78 is 0. The first-order valence-electron chi connectivity index (χ1n) is 6.52. The summed E-state index contributed by atoms with van der Waals surface area (Å²) in [6, 6.07) is 9.23. The number of benzene rings is 1. The highest BCUT2D eigenvalue weighted by Crippen LogP contribution is 2.18. The van der Waals surface area contributed by atoms with E-state index in [1.54, 1.807) is 11.3 Å². The second-order valence-electron chi connectivity index (χ2n) is 4.40. The zero-order chi connectivity index (χ0) is 12.8. The van der Waals surface area contributed by atoms with E-state index < -0.39 is 0 Å². The standard InChI is InChI=1S/C15H20N2S/c1-3-12-5-7-13(8-6-12)9-14(16-4-2)15-10-18-11-17-15/h5-8,10-11,14,16H,3-4,9H2,1-2H3. The van der Waals surface area contributed by atoms with E-state index in [-0.39, 0.29) is 0 Å². The van der Waals surface area contributed by atoms with Crippen LogP contribution in [0, 0.1) is 0 Å². The first kappa shape index (κ1) is 13.2. The van der Waals surface area contributed by atoms with Gasteiger partial charge in [0.15, 0.2) is 0 Å². The number of thiazole rings is 1. The van der Waals surface area contributed by atoms with Crippen molar-refractivity contribution >= 4 is 11.3 Å². The lowest BCUT2D eigenvalue weighted by molar-refractivity contribution is 0.539. The molecule has 0 radical (unpaired) electrons. The Morgan fingerprint density at radius 1 is 1.17 bits per heavy atom. The normalized spacial score (nSPS) is 12.6. The average molecular weight is 260 g/mol. The maximum atomic E-state index is 4.42. The minimum atomic E-state index is 0.328. The lowest BCUT2D eigenvalue weighted by Gasteiger charge is -2.16. The fraction of sp³-hybridized carbons (Fsp3) is 0.400. The third kappa shape index (κ3) is 3.40. The fourth-order valence-corrected chi connectivity index (χ4v) is 2.68. The highest BCUT2D eigenvalue weighted by atomic mass is 32.1. The van der Waals surface area contributed by atoms with Crippen LogP contribution in [0.2, 0.25) is 0 Å². The molecule has 1 atom stereocenters. The van der Waals surface area contributed by atoms with E-state index in [0.29, 0.717) is 6.04 Å². The summed E-state index contributed by atoms with van der Waals surface area (Å²) in [5.74, 6) is 0. The molecule has 1 heterocycles. The molecule has 0 saturated heterocycles. The van der Waals surface area contributed by atoms with Gasteiger partial charge < -0.3 is 5.32 Å². The summed E-state index contributed by atoms with van der Waals surface area (Å²) >= 11 is 1.66. The number of hydrogen-bond donors (Lipinski definition) is 1. The van der Waals surface area contributed by atoms with Crippen molar-refractivity contribution in [2.75, 3.05) is 6.54 Å². The summed E-state index contributed by atoms with van der Waals surface area (Å²) in [6.07, 6.45) is 2.10. The van der Waals surface area contributed by atoms with Crippen molar-refractivity contribution in [2.45, 2.75) is 32.7 Å². The van der Waals surface area contributed by atoms with E-state index >= 15 is 0 Å². The Labute approximate surface area is 113 Å². The van der Waals surface area contributed by atoms with Crippen LogP contribution in [-0.2, 0) is 12.8 Å². The molecule has 0 aliphatic heterocycles. The Bertz CT molecular complexity index is 448. The molecule has 2 rings (SSSR count). The van der Waals surface area contributed by atoms with Crippen LogP contribution in [0.4, 0.5) is 0 Å². The number of nitrogens with zero attached hydrogens (tertiary/aromatic N) is 1. The number of aryl methyl sites for hydroxylation is 1. The van der Waals surface area contributed by atoms with Crippen LogP contribution in [0.25, 0.3) is 0 Å². The second kappa shape index (κ2) is 6.66. The summed E-state index contributed by atoms with van der Waals surface area (Å²) in [4.78, 5) is 4.42. The Kier molecular flexibility index (Phi) is 4.90. The van der Waals surface area contributed by atoms with Gasteiger partial charge >= 0.3 is 0 Å². The zero-order valence-electron chi connectivity index (χ0n) is 11.0. The number of likely N-dealkylation sites (N-methyl/N-ethyl adjacent to an activating group) is 1. The van der Waals surface area contributed by atoms with Crippen LogP contribution in [-0.4, -0.2) is 11.5 Å². The van der Waals surface area contributed by atoms with Crippen LogP contribution in [0.1, 0.15) is 36.7 Å². The molecule has 1 N–H and O–H groups in total. The average Bonchev–Trinajstić information content (AvgIpc) is 2.93. The SMILES string of the molecule is CCNC(Cc1ccc(CC)cc1)c1cscn1. The van der Waals surface area contributed by atoms with Crippen molar-refractivity contribution in [3.63, 3.8) is 0 Å². The third-order valence-corrected chi connectivity index (χ3v) is 3.73. The second-order valence-corrected chi connectivity index (χ2v) is 5.12. The van der Waals surface area contributed by atoms with Crippen LogP contribution in [0.3, 0.4) is 0 Å². The Hall–Kier alpha value is -1.19. The predicted octanol–water partition coefficient (Wildman–Crippen LogP) is 3.60. The molecule has 1 aromatic carbocycles. The van der Waals surface area contributed by atoms with E-state index in [4.69, 9.17) is 0 Å². The molecule has 2 nitrogen and oxygen atoms in total. The number of rotatable bonds is 6. The van der Waals surface area contributed by atoms with Gasteiger partial charge in [0, 0.05) is 5.38 Å². The summed E-state index contributed by atoms with van der Waals surface area (Å²) in [5, 5.41) is 5.64. The highest BCUT2D eigenvalue weighted by molar-refractivity contribution is 7.07. The number of nitrogens with one attached hydrogen (secondary N) is 1. The number of aromatic nitrogens is 1. The Morgan fingerprint density at radius 3 is 2.44 bits per heavy atom. The van der Waals surface area contributed by atoms with Gasteiger partial charge in [0.2, 0.25) is 0 Å². The quantitative estimate of drug-likeness (QED) is 0.858. The predicted molar refractivity (Wildman–Crippen MR) is 78.1 cm³/mol. The molecule has 1 unspecified atom stereocenters. The van der Waals surface area contributed by atoms with Gasteiger partial charge in [-0.25, -0.2) is 4.98 Å². The Morgan fingerprint density at radius 2 is 1.89 bits per heavy atom. The van der Waals surface area contributed by atoms with Crippen LogP contribution in [0.5, 0.6) is 0 Å². The lowest BCUT2D eigenvalue weighted by Crippen LogP contribution is -2.23. The molecule has 0 saturated carbocycles. The fourth-order valence-electron chi connectivity index (χ4n) is 2.07. The van der Waals surface area contributed by atoms with Gasteiger partial charge in [0.25, 0.3) is 0 Å². The molecule has 0 aliphatic carbocycles. The highest BCUT2D eigenvalue weighted by Gasteiger charge is 2.12. The van der Waals surface area contributed by atoms with E-state index in [1.165, 1.54) is 11.1 Å². The first-order valence-corrected chi connectivity index (χ1v) is 7.47. The van der Waals surface area contributed by atoms with Crippen molar-refractivity contribution in [3.8, 4) is 0 Å². The molecular formula is C15H20N2S. The maximum Gasteiger partial charge on any atom is 0.0795 e. The van der Waals surface area contributed by atoms with Gasteiger partial charge in [-0.05, 0) is 30.5 Å². The molecule has 2 aromatic rings. The van der Waals surface area contributed by atoms with Crippen molar-refractivity contribution in [3.05, 3.63) is 52.0 Å². The van der Waals surface area contributed by atoms with Gasteiger partial charge in [-0.3, -0.25) is 0 Å². The summed E-state index contributed by atoms with van der Waals surface area (Å²) in [5.41, 5.74) is 5.82. The first-order chi connectivity index (χ1) is 8.83. The molecule has 0 amide bonds. The van der Waals surface area contributed by atoms with Gasteiger partial charge in [-0.1, -0.05) is 38.1 Å². The smallest absolute Gasteiger partial charge is 0.0795 e. The van der Waals surface area contributed by atoms with Crippen LogP contribution in [0.15, 0.2) is 35.2 Å². The van der Waals surface area contributed by atoms with Gasteiger partial charge in [-0.15, -0.1) is 11.3 Å². The molecule has 0 spiro atoms. The molecule has 1 aromatic heterocycles. The topological polar surface area (TPSA) is 24.9 Å². The minimum absolute atomic E-state index is 0.328. The summed E-state index contributed by atoms with van der Waals surface area (Å²) in [7, 11) is 0. The zero-order valence-corrected chi connectivity index (χ0v) is 11.8. The van der Waals surface area contributed by atoms with E-state index in [1.807, 2.05) is 5.51 Å². The number of hydrogen-bond acceptors (Lipinski definition) is 3. The molecule has 0 bridgehead atoms. The monoisotopic (exact) mass is 260 g/mol. The molecular weight excluding hydrogens is 240 g/mol.